The van der Waals surface area contributed by atoms with Gasteiger partial charge in [0.25, 0.3) is 6.43 Å². The van der Waals surface area contributed by atoms with Gasteiger partial charge in [0, 0.05) is 30.8 Å². The molecule has 184 valence electrons. The second-order valence-corrected chi connectivity index (χ2v) is 7.98. The van der Waals surface area contributed by atoms with Gasteiger partial charge in [-0.2, -0.15) is 0 Å². The van der Waals surface area contributed by atoms with E-state index in [9.17, 15) is 23.5 Å². The molecule has 0 radical (unpaired) electrons. The number of halogens is 2. The van der Waals surface area contributed by atoms with Gasteiger partial charge in [-0.25, -0.2) is 13.6 Å². The number of carboxylic acid groups (broad SMARTS) is 1. The number of nitrogens with one attached hydrogen (secondary N) is 1. The van der Waals surface area contributed by atoms with Crippen LogP contribution in [0.5, 0.6) is 5.75 Å². The normalized spacial score (nSPS) is 10.8. The quantitative estimate of drug-likeness (QED) is 0.391. The Kier molecular flexibility index (Phi) is 8.78. The molecule has 0 unspecified atom stereocenters. The van der Waals surface area contributed by atoms with Gasteiger partial charge in [-0.15, -0.1) is 0 Å². The first-order valence-corrected chi connectivity index (χ1v) is 11.2. The third-order valence-electron chi connectivity index (χ3n) is 5.61. The molecule has 2 amide bonds. The molecule has 0 atom stereocenters. The van der Waals surface area contributed by atoms with Crippen LogP contribution in [-0.2, 0) is 24.3 Å². The molecule has 0 heterocycles. The van der Waals surface area contributed by atoms with Crippen molar-refractivity contribution in [3.63, 3.8) is 0 Å². The number of aliphatic carboxylic acids is 1. The fourth-order valence-electron chi connectivity index (χ4n) is 3.81. The summed E-state index contributed by atoms with van der Waals surface area (Å²) in [5.74, 6) is -0.511. The Labute approximate surface area is 203 Å². The van der Waals surface area contributed by atoms with Gasteiger partial charge in [0.1, 0.15) is 5.75 Å². The summed E-state index contributed by atoms with van der Waals surface area (Å²) in [6.07, 6.45) is -2.87. The van der Waals surface area contributed by atoms with E-state index in [4.69, 9.17) is 4.74 Å². The minimum absolute atomic E-state index is 0.0827. The van der Waals surface area contributed by atoms with Crippen LogP contribution in [0.25, 0.3) is 11.1 Å². The third-order valence-corrected chi connectivity index (χ3v) is 5.61. The number of urea groups is 1. The largest absolute Gasteiger partial charge is 0.496 e. The number of methoxy groups -OCH3 is 1. The SMILES string of the molecule is CCN(Cc1cc(C(F)F)ccc1-c1cc(CC(=O)O)ccc1OC)C(=O)NCc1ccccc1. The van der Waals surface area contributed by atoms with Gasteiger partial charge in [-0.05, 0) is 47.4 Å². The van der Waals surface area contributed by atoms with Crippen molar-refractivity contribution in [3.8, 4) is 16.9 Å². The number of hydrogen-bond donors (Lipinski definition) is 2. The zero-order valence-corrected chi connectivity index (χ0v) is 19.6. The zero-order chi connectivity index (χ0) is 25.4. The van der Waals surface area contributed by atoms with Gasteiger partial charge < -0.3 is 20.1 Å². The maximum absolute atomic E-state index is 13.5. The Balaban J connectivity index is 1.95. The molecule has 0 saturated carbocycles. The summed E-state index contributed by atoms with van der Waals surface area (Å²) >= 11 is 0. The fourth-order valence-corrected chi connectivity index (χ4v) is 3.81. The number of carbonyl (C=O) groups excluding carboxylic acids is 1. The smallest absolute Gasteiger partial charge is 0.317 e. The summed E-state index contributed by atoms with van der Waals surface area (Å²) in [6.45, 7) is 2.59. The minimum Gasteiger partial charge on any atom is -0.496 e. The van der Waals surface area contributed by atoms with Crippen LogP contribution in [0.4, 0.5) is 13.6 Å². The van der Waals surface area contributed by atoms with Gasteiger partial charge in [0.15, 0.2) is 0 Å². The van der Waals surface area contributed by atoms with Crippen LogP contribution in [0, 0.1) is 0 Å². The van der Waals surface area contributed by atoms with Crippen molar-refractivity contribution < 1.29 is 28.2 Å². The van der Waals surface area contributed by atoms with Crippen LogP contribution < -0.4 is 10.1 Å². The number of rotatable bonds is 10. The van der Waals surface area contributed by atoms with E-state index in [1.807, 2.05) is 37.3 Å². The van der Waals surface area contributed by atoms with E-state index < -0.39 is 12.4 Å². The summed E-state index contributed by atoms with van der Waals surface area (Å²) < 4.78 is 32.5. The highest BCUT2D eigenvalue weighted by molar-refractivity contribution is 5.78. The van der Waals surface area contributed by atoms with Crippen LogP contribution in [-0.4, -0.2) is 35.7 Å². The molecule has 0 aliphatic rings. The molecule has 8 heteroatoms. The van der Waals surface area contributed by atoms with E-state index >= 15 is 0 Å². The summed E-state index contributed by atoms with van der Waals surface area (Å²) in [5, 5.41) is 12.1. The highest BCUT2D eigenvalue weighted by atomic mass is 19.3. The van der Waals surface area contributed by atoms with Crippen molar-refractivity contribution >= 4 is 12.0 Å². The van der Waals surface area contributed by atoms with Crippen LogP contribution in [0.2, 0.25) is 0 Å². The molecular formula is C27H28F2N2O4. The average Bonchev–Trinajstić information content (AvgIpc) is 2.85. The third kappa shape index (κ3) is 6.79. The van der Waals surface area contributed by atoms with E-state index in [1.54, 1.807) is 24.3 Å². The Morgan fingerprint density at radius 2 is 1.74 bits per heavy atom. The Hall–Kier alpha value is -3.94. The van der Waals surface area contributed by atoms with Gasteiger partial charge in [-0.1, -0.05) is 48.5 Å². The number of amides is 2. The van der Waals surface area contributed by atoms with Crippen LogP contribution >= 0.6 is 0 Å². The van der Waals surface area contributed by atoms with Crippen molar-refractivity contribution in [2.75, 3.05) is 13.7 Å². The van der Waals surface area contributed by atoms with Gasteiger partial charge in [0.2, 0.25) is 0 Å². The predicted octanol–water partition coefficient (Wildman–Crippen LogP) is 5.66. The molecule has 0 bridgehead atoms. The molecule has 35 heavy (non-hydrogen) atoms. The second kappa shape index (κ2) is 12.0. The number of hydrogen-bond acceptors (Lipinski definition) is 3. The molecule has 6 nitrogen and oxygen atoms in total. The number of alkyl halides is 2. The molecule has 3 rings (SSSR count). The summed E-state index contributed by atoms with van der Waals surface area (Å²) in [6, 6.07) is 18.4. The first-order chi connectivity index (χ1) is 16.8. The maximum atomic E-state index is 13.5. The molecule has 0 aliphatic carbocycles. The summed E-state index contributed by atoms with van der Waals surface area (Å²) in [5.41, 5.74) is 2.99. The number of ether oxygens (including phenoxy) is 1. The maximum Gasteiger partial charge on any atom is 0.317 e. The Bertz CT molecular complexity index is 1170. The lowest BCUT2D eigenvalue weighted by Gasteiger charge is -2.24. The molecule has 0 aromatic heterocycles. The number of benzene rings is 3. The number of nitrogens with zero attached hydrogens (tertiary/aromatic N) is 1. The number of carboxylic acids is 1. The molecule has 0 saturated heterocycles. The second-order valence-electron chi connectivity index (χ2n) is 7.98. The standard InChI is InChI=1S/C27H28F2N2O4/c1-3-31(27(34)30-16-18-7-5-4-6-8-18)17-21-15-20(26(28)29)10-11-22(21)23-13-19(14-25(32)33)9-12-24(23)35-2/h4-13,15,26H,3,14,16-17H2,1-2H3,(H,30,34)(H,32,33). The topological polar surface area (TPSA) is 78.9 Å². The van der Waals surface area contributed by atoms with Crippen molar-refractivity contribution in [2.24, 2.45) is 0 Å². The van der Waals surface area contributed by atoms with E-state index in [1.165, 1.54) is 24.1 Å². The van der Waals surface area contributed by atoms with Crippen molar-refractivity contribution in [3.05, 3.63) is 89.0 Å². The first-order valence-electron chi connectivity index (χ1n) is 11.2. The zero-order valence-electron chi connectivity index (χ0n) is 19.6. The lowest BCUT2D eigenvalue weighted by atomic mass is 9.94. The number of carbonyl (C=O) groups is 2. The molecule has 3 aromatic rings. The molecular weight excluding hydrogens is 454 g/mol. The molecule has 2 N–H and O–H groups in total. The average molecular weight is 483 g/mol. The van der Waals surface area contributed by atoms with Crippen molar-refractivity contribution in [1.82, 2.24) is 10.2 Å². The van der Waals surface area contributed by atoms with Crippen molar-refractivity contribution in [1.29, 1.82) is 0 Å². The Morgan fingerprint density at radius 3 is 2.37 bits per heavy atom. The molecule has 0 aliphatic heterocycles. The monoisotopic (exact) mass is 482 g/mol. The van der Waals surface area contributed by atoms with E-state index in [2.05, 4.69) is 5.32 Å². The van der Waals surface area contributed by atoms with Gasteiger partial charge in [0.05, 0.1) is 13.5 Å². The Morgan fingerprint density at radius 1 is 1.00 bits per heavy atom. The van der Waals surface area contributed by atoms with Crippen LogP contribution in [0.15, 0.2) is 66.7 Å². The van der Waals surface area contributed by atoms with E-state index in [0.717, 1.165) is 5.56 Å². The lowest BCUT2D eigenvalue weighted by Crippen LogP contribution is -2.39. The summed E-state index contributed by atoms with van der Waals surface area (Å²) in [7, 11) is 1.48. The summed E-state index contributed by atoms with van der Waals surface area (Å²) in [4.78, 5) is 25.6. The minimum atomic E-state index is -2.68. The first kappa shape index (κ1) is 25.7. The predicted molar refractivity (Wildman–Crippen MR) is 129 cm³/mol. The van der Waals surface area contributed by atoms with Gasteiger partial charge >= 0.3 is 12.0 Å². The van der Waals surface area contributed by atoms with Gasteiger partial charge in [-0.3, -0.25) is 4.79 Å². The lowest BCUT2D eigenvalue weighted by molar-refractivity contribution is -0.136. The fraction of sp³-hybridized carbons (Fsp3) is 0.259. The van der Waals surface area contributed by atoms with Crippen LogP contribution in [0.3, 0.4) is 0 Å². The van der Waals surface area contributed by atoms with E-state index in [0.29, 0.717) is 41.1 Å². The van der Waals surface area contributed by atoms with Crippen LogP contribution in [0.1, 0.15) is 35.6 Å². The van der Waals surface area contributed by atoms with Crippen molar-refractivity contribution in [2.45, 2.75) is 32.9 Å². The highest BCUT2D eigenvalue weighted by Gasteiger charge is 2.19. The highest BCUT2D eigenvalue weighted by Crippen LogP contribution is 2.36. The van der Waals surface area contributed by atoms with E-state index in [-0.39, 0.29) is 24.6 Å². The molecule has 0 spiro atoms. The molecule has 3 aromatic carbocycles. The molecule has 0 fully saturated rings.